The number of hydrogen-bond donors (Lipinski definition) is 0. The molecule has 2 aliphatic carbocycles. The molecule has 1 unspecified atom stereocenters. The molecule has 0 saturated carbocycles. The molecule has 0 fully saturated rings. The van der Waals surface area contributed by atoms with Crippen molar-refractivity contribution in [1.29, 1.82) is 0 Å². The zero-order valence-electron chi connectivity index (χ0n) is 13.6. The molecule has 4 rings (SSSR count). The van der Waals surface area contributed by atoms with Crippen molar-refractivity contribution in [2.24, 2.45) is 0 Å². The van der Waals surface area contributed by atoms with Crippen LogP contribution in [0.4, 0.5) is 0 Å². The lowest BCUT2D eigenvalue weighted by Gasteiger charge is -2.31. The SMILES string of the molecule is COC1=C(C)C(C)c2ccc3c(c2C1)CCc1ccccc1-3. The van der Waals surface area contributed by atoms with E-state index in [9.17, 15) is 0 Å². The summed E-state index contributed by atoms with van der Waals surface area (Å²) in [5, 5.41) is 0. The summed E-state index contributed by atoms with van der Waals surface area (Å²) in [6, 6.07) is 13.5. The average molecular weight is 290 g/mol. The van der Waals surface area contributed by atoms with E-state index in [-0.39, 0.29) is 0 Å². The van der Waals surface area contributed by atoms with Crippen molar-refractivity contribution < 1.29 is 4.74 Å². The van der Waals surface area contributed by atoms with Crippen LogP contribution in [-0.4, -0.2) is 7.11 Å². The summed E-state index contributed by atoms with van der Waals surface area (Å²) in [4.78, 5) is 0. The molecule has 1 nitrogen and oxygen atoms in total. The van der Waals surface area contributed by atoms with Gasteiger partial charge in [-0.25, -0.2) is 0 Å². The lowest BCUT2D eigenvalue weighted by Crippen LogP contribution is -2.17. The molecular formula is C21H22O. The fourth-order valence-corrected chi connectivity index (χ4v) is 4.13. The molecule has 0 radical (unpaired) electrons. The maximum absolute atomic E-state index is 5.67. The van der Waals surface area contributed by atoms with Crippen LogP contribution in [0.5, 0.6) is 0 Å². The first kappa shape index (κ1) is 13.6. The fourth-order valence-electron chi connectivity index (χ4n) is 4.13. The third kappa shape index (κ3) is 1.85. The van der Waals surface area contributed by atoms with Crippen LogP contribution in [0, 0.1) is 0 Å². The number of allylic oxidation sites excluding steroid dienone is 2. The quantitative estimate of drug-likeness (QED) is 0.715. The zero-order chi connectivity index (χ0) is 15.3. The van der Waals surface area contributed by atoms with Crippen molar-refractivity contribution in [3.05, 3.63) is 70.0 Å². The molecule has 0 heterocycles. The minimum atomic E-state index is 0.459. The standard InChI is InChI=1S/C21H22O/c1-13-14(2)21(22-3)12-20-16(13)10-11-18-17-7-5-4-6-15(17)8-9-19(18)20/h4-7,10-11,13H,8-9,12H2,1-3H3. The Bertz CT molecular complexity index is 782. The van der Waals surface area contributed by atoms with E-state index in [1.807, 2.05) is 0 Å². The van der Waals surface area contributed by atoms with Crippen molar-refractivity contribution in [2.75, 3.05) is 7.11 Å². The Balaban J connectivity index is 1.92. The number of hydrogen-bond acceptors (Lipinski definition) is 1. The molecule has 0 bridgehead atoms. The predicted molar refractivity (Wildman–Crippen MR) is 91.1 cm³/mol. The van der Waals surface area contributed by atoms with E-state index in [2.05, 4.69) is 50.2 Å². The van der Waals surface area contributed by atoms with Gasteiger partial charge in [-0.05, 0) is 58.7 Å². The first-order valence-corrected chi connectivity index (χ1v) is 8.17. The van der Waals surface area contributed by atoms with Crippen LogP contribution in [0.1, 0.15) is 42.0 Å². The molecule has 2 aromatic rings. The summed E-state index contributed by atoms with van der Waals surface area (Å²) in [6.07, 6.45) is 3.25. The fraction of sp³-hybridized carbons (Fsp3) is 0.333. The van der Waals surface area contributed by atoms with Gasteiger partial charge in [-0.2, -0.15) is 0 Å². The topological polar surface area (TPSA) is 9.23 Å². The Morgan fingerprint density at radius 2 is 1.77 bits per heavy atom. The molecule has 112 valence electrons. The van der Waals surface area contributed by atoms with Crippen LogP contribution >= 0.6 is 0 Å². The monoisotopic (exact) mass is 290 g/mol. The van der Waals surface area contributed by atoms with Gasteiger partial charge in [0.25, 0.3) is 0 Å². The van der Waals surface area contributed by atoms with Crippen LogP contribution < -0.4 is 0 Å². The van der Waals surface area contributed by atoms with E-state index in [1.165, 1.54) is 33.4 Å². The molecule has 0 saturated heterocycles. The third-order valence-corrected chi connectivity index (χ3v) is 5.56. The Morgan fingerprint density at radius 1 is 0.955 bits per heavy atom. The lowest BCUT2D eigenvalue weighted by atomic mass is 9.75. The second-order valence-electron chi connectivity index (χ2n) is 6.53. The van der Waals surface area contributed by atoms with Crippen molar-refractivity contribution in [3.63, 3.8) is 0 Å². The highest BCUT2D eigenvalue weighted by atomic mass is 16.5. The van der Waals surface area contributed by atoms with Crippen LogP contribution in [-0.2, 0) is 24.0 Å². The number of ether oxygens (including phenoxy) is 1. The number of methoxy groups -OCH3 is 1. The van der Waals surface area contributed by atoms with Crippen molar-refractivity contribution >= 4 is 0 Å². The smallest absolute Gasteiger partial charge is 0.0994 e. The highest BCUT2D eigenvalue weighted by molar-refractivity contribution is 5.75. The zero-order valence-corrected chi connectivity index (χ0v) is 13.6. The summed E-state index contributed by atoms with van der Waals surface area (Å²) < 4.78 is 5.67. The van der Waals surface area contributed by atoms with Gasteiger partial charge in [0, 0.05) is 12.3 Å². The number of aryl methyl sites for hydroxylation is 1. The molecule has 2 aromatic carbocycles. The van der Waals surface area contributed by atoms with Gasteiger partial charge in [-0.15, -0.1) is 0 Å². The molecule has 22 heavy (non-hydrogen) atoms. The Kier molecular flexibility index (Phi) is 3.11. The van der Waals surface area contributed by atoms with Crippen LogP contribution in [0.2, 0.25) is 0 Å². The highest BCUT2D eigenvalue weighted by Gasteiger charge is 2.28. The van der Waals surface area contributed by atoms with Crippen LogP contribution in [0.25, 0.3) is 11.1 Å². The van der Waals surface area contributed by atoms with Gasteiger partial charge >= 0.3 is 0 Å². The maximum Gasteiger partial charge on any atom is 0.0994 e. The second kappa shape index (κ2) is 5.01. The summed E-state index contributed by atoms with van der Waals surface area (Å²) in [6.45, 7) is 4.51. The van der Waals surface area contributed by atoms with E-state index in [0.717, 1.165) is 25.0 Å². The number of benzene rings is 2. The minimum absolute atomic E-state index is 0.459. The minimum Gasteiger partial charge on any atom is -0.501 e. The molecular weight excluding hydrogens is 268 g/mol. The van der Waals surface area contributed by atoms with E-state index in [4.69, 9.17) is 4.74 Å². The average Bonchev–Trinajstić information content (AvgIpc) is 2.57. The molecule has 0 spiro atoms. The Hall–Kier alpha value is -2.02. The predicted octanol–water partition coefficient (Wildman–Crippen LogP) is 5.03. The van der Waals surface area contributed by atoms with Crippen molar-refractivity contribution in [2.45, 2.75) is 39.0 Å². The van der Waals surface area contributed by atoms with E-state index < -0.39 is 0 Å². The van der Waals surface area contributed by atoms with Crippen LogP contribution in [0.3, 0.4) is 0 Å². The van der Waals surface area contributed by atoms with Gasteiger partial charge in [0.05, 0.1) is 12.9 Å². The first-order chi connectivity index (χ1) is 10.7. The normalized spacial score (nSPS) is 19.3. The largest absolute Gasteiger partial charge is 0.501 e. The van der Waals surface area contributed by atoms with Crippen molar-refractivity contribution in [3.8, 4) is 11.1 Å². The molecule has 1 atom stereocenters. The number of rotatable bonds is 1. The summed E-state index contributed by atoms with van der Waals surface area (Å²) in [5.41, 5.74) is 10.3. The number of fused-ring (bicyclic) bond motifs is 5. The second-order valence-corrected chi connectivity index (χ2v) is 6.53. The third-order valence-electron chi connectivity index (χ3n) is 5.56. The van der Waals surface area contributed by atoms with Gasteiger partial charge < -0.3 is 4.74 Å². The van der Waals surface area contributed by atoms with E-state index in [1.54, 1.807) is 12.7 Å². The van der Waals surface area contributed by atoms with Gasteiger partial charge in [0.15, 0.2) is 0 Å². The van der Waals surface area contributed by atoms with Gasteiger partial charge in [0.1, 0.15) is 0 Å². The highest BCUT2D eigenvalue weighted by Crippen LogP contribution is 2.43. The molecule has 1 heteroatoms. The maximum atomic E-state index is 5.67. The molecule has 0 N–H and O–H groups in total. The molecule has 0 aromatic heterocycles. The summed E-state index contributed by atoms with van der Waals surface area (Å²) in [7, 11) is 1.81. The Labute approximate surface area is 132 Å². The van der Waals surface area contributed by atoms with E-state index in [0.29, 0.717) is 5.92 Å². The van der Waals surface area contributed by atoms with Gasteiger partial charge in [0.2, 0.25) is 0 Å². The molecule has 2 aliphatic rings. The molecule has 0 amide bonds. The Morgan fingerprint density at radius 3 is 2.59 bits per heavy atom. The van der Waals surface area contributed by atoms with Gasteiger partial charge in [-0.1, -0.05) is 43.3 Å². The van der Waals surface area contributed by atoms with E-state index >= 15 is 0 Å². The summed E-state index contributed by atoms with van der Waals surface area (Å²) in [5.74, 6) is 1.62. The lowest BCUT2D eigenvalue weighted by molar-refractivity contribution is 0.272. The first-order valence-electron chi connectivity index (χ1n) is 8.17. The van der Waals surface area contributed by atoms with Crippen molar-refractivity contribution in [1.82, 2.24) is 0 Å². The molecule has 0 aliphatic heterocycles. The van der Waals surface area contributed by atoms with Crippen LogP contribution in [0.15, 0.2) is 47.7 Å². The summed E-state index contributed by atoms with van der Waals surface area (Å²) >= 11 is 0. The van der Waals surface area contributed by atoms with Gasteiger partial charge in [-0.3, -0.25) is 0 Å².